The van der Waals surface area contributed by atoms with E-state index in [1.165, 1.54) is 71.3 Å². The van der Waals surface area contributed by atoms with Crippen LogP contribution in [0.4, 0.5) is 0 Å². The molecule has 0 bridgehead atoms. The predicted molar refractivity (Wildman–Crippen MR) is 164 cm³/mol. The molecule has 0 aliphatic carbocycles. The molecule has 1 unspecified atom stereocenters. The summed E-state index contributed by atoms with van der Waals surface area (Å²) in [7, 11) is -3.00. The van der Waals surface area contributed by atoms with Gasteiger partial charge in [-0.3, -0.25) is 4.89 Å². The van der Waals surface area contributed by atoms with Gasteiger partial charge in [0.25, 0.3) is 0 Å². The van der Waals surface area contributed by atoms with E-state index in [-0.39, 0.29) is 17.2 Å². The summed E-state index contributed by atoms with van der Waals surface area (Å²) < 4.78 is 35.1. The van der Waals surface area contributed by atoms with E-state index in [0.29, 0.717) is 18.9 Å². The summed E-state index contributed by atoms with van der Waals surface area (Å²) in [6.07, 6.45) is 17.4. The van der Waals surface area contributed by atoms with Gasteiger partial charge in [-0.15, -0.1) is 11.8 Å². The second-order valence-corrected chi connectivity index (χ2v) is 12.3. The van der Waals surface area contributed by atoms with E-state index in [2.05, 4.69) is 11.8 Å². The maximum atomic E-state index is 12.9. The Morgan fingerprint density at radius 2 is 1.52 bits per heavy atom. The average molecular weight is 592 g/mol. The highest BCUT2D eigenvalue weighted by Gasteiger charge is 2.28. The quantitative estimate of drug-likeness (QED) is 0.114. The second kappa shape index (κ2) is 18.2. The zero-order valence-electron chi connectivity index (χ0n) is 24.1. The molecule has 0 spiro atoms. The minimum absolute atomic E-state index is 0.0934. The van der Waals surface area contributed by atoms with Crippen LogP contribution in [0.1, 0.15) is 89.5 Å². The number of ether oxygens (including phenoxy) is 2. The van der Waals surface area contributed by atoms with Crippen LogP contribution in [-0.2, 0) is 11.1 Å². The van der Waals surface area contributed by atoms with Crippen LogP contribution in [0.25, 0.3) is 0 Å². The number of nitrogens with zero attached hydrogens (tertiary/aromatic N) is 1. The number of methoxy groups -OCH3 is 1. The normalized spacial score (nSPS) is 14.2. The van der Waals surface area contributed by atoms with E-state index >= 15 is 0 Å². The van der Waals surface area contributed by atoms with Crippen molar-refractivity contribution in [2.24, 2.45) is 0 Å². The van der Waals surface area contributed by atoms with Crippen molar-refractivity contribution in [3.63, 3.8) is 0 Å². The summed E-state index contributed by atoms with van der Waals surface area (Å²) >= 11 is 1.72. The van der Waals surface area contributed by atoms with Crippen LogP contribution in [0, 0.1) is 0 Å². The van der Waals surface area contributed by atoms with E-state index in [4.69, 9.17) is 18.5 Å². The molecule has 0 amide bonds. The number of hydrogen-bond acceptors (Lipinski definition) is 7. The van der Waals surface area contributed by atoms with Gasteiger partial charge in [-0.1, -0.05) is 95.8 Å². The Morgan fingerprint density at radius 3 is 2.17 bits per heavy atom. The summed E-state index contributed by atoms with van der Waals surface area (Å²) in [5, 5.41) is 2.04. The van der Waals surface area contributed by atoms with Crippen LogP contribution in [0.15, 0.2) is 54.1 Å². The van der Waals surface area contributed by atoms with Crippen molar-refractivity contribution in [1.29, 1.82) is 0 Å². The van der Waals surface area contributed by atoms with Gasteiger partial charge in [-0.05, 0) is 41.7 Å². The zero-order chi connectivity index (χ0) is 28.5. The molecule has 40 heavy (non-hydrogen) atoms. The number of hydrogen-bond donors (Lipinski definition) is 1. The van der Waals surface area contributed by atoms with Gasteiger partial charge in [-0.2, -0.15) is 0 Å². The van der Waals surface area contributed by atoms with Crippen molar-refractivity contribution in [3.05, 3.63) is 59.6 Å². The molecule has 2 aromatic rings. The lowest BCUT2D eigenvalue weighted by Crippen LogP contribution is -2.12. The Kier molecular flexibility index (Phi) is 14.7. The van der Waals surface area contributed by atoms with Crippen LogP contribution in [0.5, 0.6) is 23.0 Å². The molecule has 1 aliphatic heterocycles. The lowest BCUT2D eigenvalue weighted by atomic mass is 10.1. The molecular weight excluding hydrogens is 545 g/mol. The highest BCUT2D eigenvalue weighted by Crippen LogP contribution is 2.49. The molecule has 0 saturated heterocycles. The van der Waals surface area contributed by atoms with Crippen LogP contribution in [0.3, 0.4) is 0 Å². The molecule has 1 atom stereocenters. The van der Waals surface area contributed by atoms with Crippen molar-refractivity contribution in [3.8, 4) is 23.0 Å². The molecule has 0 saturated carbocycles. The van der Waals surface area contributed by atoms with Crippen molar-refractivity contribution < 1.29 is 28.0 Å². The first-order valence-electron chi connectivity index (χ1n) is 14.6. The third kappa shape index (κ3) is 12.1. The summed E-state index contributed by atoms with van der Waals surface area (Å²) in [5.74, 6) is 1.98. The molecule has 0 aromatic heterocycles. The highest BCUT2D eigenvalue weighted by molar-refractivity contribution is 8.02. The number of para-hydroxylation sites is 1. The molecule has 222 valence electrons. The fraction of sp³-hybridized carbons (Fsp3) is 0.548. The fourth-order valence-electron chi connectivity index (χ4n) is 4.63. The zero-order valence-corrected chi connectivity index (χ0v) is 25.8. The van der Waals surface area contributed by atoms with E-state index in [9.17, 15) is 9.46 Å². The molecule has 2 aromatic carbocycles. The third-order valence-electron chi connectivity index (χ3n) is 6.73. The standard InChI is InChI=1S/C31H46NO6PS/c1-3-4-5-6-7-8-9-10-11-12-13-14-22-36-29-19-16-20-30(31(29)35-2)38-39(33,34)37-28-18-15-17-27(24-28)25-32-21-23-40-26-32/h15-21,23-24H,3-14,22,25-26H2,1-2H3,(H,33,34). The van der Waals surface area contributed by atoms with E-state index in [1.807, 2.05) is 17.7 Å². The van der Waals surface area contributed by atoms with Gasteiger partial charge in [-0.25, -0.2) is 4.57 Å². The van der Waals surface area contributed by atoms with Gasteiger partial charge in [0.15, 0.2) is 11.5 Å². The Hall–Kier alpha value is -2.28. The second-order valence-electron chi connectivity index (χ2n) is 10.2. The van der Waals surface area contributed by atoms with Crippen LogP contribution in [0.2, 0.25) is 0 Å². The topological polar surface area (TPSA) is 77.5 Å². The number of rotatable bonds is 21. The maximum absolute atomic E-state index is 12.9. The monoisotopic (exact) mass is 591 g/mol. The van der Waals surface area contributed by atoms with E-state index in [0.717, 1.165) is 24.3 Å². The molecule has 0 fully saturated rings. The molecule has 3 rings (SSSR count). The third-order valence-corrected chi connectivity index (χ3v) is 8.39. The number of thioether (sulfide) groups is 1. The number of phosphoric ester groups is 1. The molecule has 1 aliphatic rings. The van der Waals surface area contributed by atoms with Gasteiger partial charge in [0.05, 0.1) is 19.6 Å². The average Bonchev–Trinajstić information content (AvgIpc) is 3.44. The lowest BCUT2D eigenvalue weighted by molar-refractivity contribution is 0.267. The Bertz CT molecular complexity index is 1080. The Labute approximate surface area is 244 Å². The Balaban J connectivity index is 1.40. The first kappa shape index (κ1) is 32.2. The van der Waals surface area contributed by atoms with Crippen LogP contribution in [-0.4, -0.2) is 29.4 Å². The minimum atomic E-state index is -4.48. The van der Waals surface area contributed by atoms with Gasteiger partial charge in [0.1, 0.15) is 5.75 Å². The number of phosphoric acid groups is 1. The predicted octanol–water partition coefficient (Wildman–Crippen LogP) is 9.31. The fourth-order valence-corrected chi connectivity index (χ4v) is 6.15. The van der Waals surface area contributed by atoms with E-state index < -0.39 is 7.82 Å². The molecule has 0 radical (unpaired) electrons. The molecular formula is C31H46NO6PS. The smallest absolute Gasteiger partial charge is 0.490 e. The summed E-state index contributed by atoms with van der Waals surface area (Å²) in [6, 6.07) is 12.2. The van der Waals surface area contributed by atoms with E-state index in [1.54, 1.807) is 48.2 Å². The van der Waals surface area contributed by atoms with Crippen molar-refractivity contribution in [2.75, 3.05) is 19.6 Å². The maximum Gasteiger partial charge on any atom is 0.585 e. The largest absolute Gasteiger partial charge is 0.585 e. The van der Waals surface area contributed by atoms with Gasteiger partial charge in [0, 0.05) is 12.7 Å². The SMILES string of the molecule is CCCCCCCCCCCCCCOc1cccc(OP(=O)(O)Oc2cccc(CN3C=CSC3)c2)c1OC. The molecule has 1 N–H and O–H groups in total. The molecule has 7 nitrogen and oxygen atoms in total. The molecule has 1 heterocycles. The van der Waals surface area contributed by atoms with Crippen LogP contribution >= 0.6 is 19.6 Å². The first-order valence-corrected chi connectivity index (χ1v) is 17.2. The van der Waals surface area contributed by atoms with Gasteiger partial charge in [0.2, 0.25) is 5.75 Å². The summed E-state index contributed by atoms with van der Waals surface area (Å²) in [5.41, 5.74) is 0.968. The lowest BCUT2D eigenvalue weighted by Gasteiger charge is -2.18. The van der Waals surface area contributed by atoms with Gasteiger partial charge >= 0.3 is 7.82 Å². The first-order chi connectivity index (χ1) is 19.5. The van der Waals surface area contributed by atoms with Crippen LogP contribution < -0.4 is 18.5 Å². The molecule has 9 heteroatoms. The summed E-state index contributed by atoms with van der Waals surface area (Å²) in [6.45, 7) is 3.49. The van der Waals surface area contributed by atoms with Gasteiger partial charge < -0.3 is 23.4 Å². The minimum Gasteiger partial charge on any atom is -0.490 e. The number of benzene rings is 2. The highest BCUT2D eigenvalue weighted by atomic mass is 32.2. The summed E-state index contributed by atoms with van der Waals surface area (Å²) in [4.78, 5) is 12.6. The number of unbranched alkanes of at least 4 members (excludes halogenated alkanes) is 11. The van der Waals surface area contributed by atoms with Crippen molar-refractivity contribution in [1.82, 2.24) is 4.90 Å². The Morgan fingerprint density at radius 1 is 0.875 bits per heavy atom. The van der Waals surface area contributed by atoms with Crippen molar-refractivity contribution >= 4 is 19.6 Å². The van der Waals surface area contributed by atoms with Crippen molar-refractivity contribution in [2.45, 2.75) is 90.5 Å².